The number of aryl methyl sites for hydroxylation is 1. The van der Waals surface area contributed by atoms with Gasteiger partial charge in [0.1, 0.15) is 0 Å². The van der Waals surface area contributed by atoms with Gasteiger partial charge in [-0.3, -0.25) is 0 Å². The second-order valence-corrected chi connectivity index (χ2v) is 5.05. The molecule has 0 aromatic heterocycles. The first kappa shape index (κ1) is 14.2. The molecule has 0 bridgehead atoms. The molecular formula is C15H26N2. The number of nitrogens with two attached hydrogens (primary N) is 1. The van der Waals surface area contributed by atoms with Gasteiger partial charge in [0.25, 0.3) is 0 Å². The molecule has 0 aliphatic carbocycles. The Morgan fingerprint density at radius 1 is 1.18 bits per heavy atom. The number of rotatable bonds is 6. The van der Waals surface area contributed by atoms with E-state index in [0.717, 1.165) is 0 Å². The van der Waals surface area contributed by atoms with Crippen molar-refractivity contribution in [3.63, 3.8) is 0 Å². The first-order valence-electron chi connectivity index (χ1n) is 6.55. The molecule has 1 rings (SSSR count). The van der Waals surface area contributed by atoms with Crippen molar-refractivity contribution in [2.24, 2.45) is 5.73 Å². The molecule has 1 aromatic carbocycles. The zero-order valence-electron chi connectivity index (χ0n) is 11.6. The minimum Gasteiger partial charge on any atom is -0.329 e. The summed E-state index contributed by atoms with van der Waals surface area (Å²) in [6, 6.07) is 9.41. The van der Waals surface area contributed by atoms with E-state index in [2.05, 4.69) is 57.1 Å². The molecule has 0 aliphatic rings. The van der Waals surface area contributed by atoms with Gasteiger partial charge in [0.15, 0.2) is 0 Å². The molecule has 1 aromatic rings. The van der Waals surface area contributed by atoms with Crippen LogP contribution in [0.1, 0.15) is 37.3 Å². The first-order valence-corrected chi connectivity index (χ1v) is 6.55. The van der Waals surface area contributed by atoms with Crippen molar-refractivity contribution in [1.29, 1.82) is 0 Å². The molecule has 2 unspecified atom stereocenters. The van der Waals surface area contributed by atoms with Crippen LogP contribution in [0.3, 0.4) is 0 Å². The molecule has 0 aliphatic heterocycles. The highest BCUT2D eigenvalue weighted by atomic mass is 15.1. The maximum absolute atomic E-state index is 5.85. The summed E-state index contributed by atoms with van der Waals surface area (Å²) in [5.41, 5.74) is 8.66. The standard InChI is InChI=1S/C15H26N2/c1-5-6-13-7-9-14(10-8-13)12(2)15(11-16)17(3)4/h7-10,12,15H,5-6,11,16H2,1-4H3. The zero-order valence-corrected chi connectivity index (χ0v) is 11.6. The summed E-state index contributed by atoms with van der Waals surface area (Å²) in [4.78, 5) is 2.21. The monoisotopic (exact) mass is 234 g/mol. The third-order valence-corrected chi connectivity index (χ3v) is 3.53. The average Bonchev–Trinajstić information content (AvgIpc) is 2.30. The fraction of sp³-hybridized carbons (Fsp3) is 0.600. The molecule has 0 amide bonds. The molecule has 0 saturated carbocycles. The summed E-state index contributed by atoms with van der Waals surface area (Å²) in [7, 11) is 4.19. The van der Waals surface area contributed by atoms with Crippen LogP contribution in [0, 0.1) is 0 Å². The number of hydrogen-bond acceptors (Lipinski definition) is 2. The van der Waals surface area contributed by atoms with Crippen molar-refractivity contribution in [3.05, 3.63) is 35.4 Å². The molecule has 0 radical (unpaired) electrons. The lowest BCUT2D eigenvalue weighted by Crippen LogP contribution is -2.39. The van der Waals surface area contributed by atoms with E-state index < -0.39 is 0 Å². The summed E-state index contributed by atoms with van der Waals surface area (Å²) < 4.78 is 0. The Labute approximate surface area is 106 Å². The van der Waals surface area contributed by atoms with Crippen molar-refractivity contribution in [2.75, 3.05) is 20.6 Å². The molecule has 0 saturated heterocycles. The van der Waals surface area contributed by atoms with E-state index in [9.17, 15) is 0 Å². The van der Waals surface area contributed by atoms with E-state index in [1.54, 1.807) is 0 Å². The fourth-order valence-electron chi connectivity index (χ4n) is 2.36. The normalized spacial score (nSPS) is 14.9. The Morgan fingerprint density at radius 3 is 2.18 bits per heavy atom. The lowest BCUT2D eigenvalue weighted by atomic mass is 9.91. The lowest BCUT2D eigenvalue weighted by molar-refractivity contribution is 0.267. The van der Waals surface area contributed by atoms with Crippen LogP contribution in [-0.4, -0.2) is 31.6 Å². The lowest BCUT2D eigenvalue weighted by Gasteiger charge is -2.29. The van der Waals surface area contributed by atoms with Gasteiger partial charge in [0, 0.05) is 12.6 Å². The van der Waals surface area contributed by atoms with Crippen LogP contribution < -0.4 is 5.73 Å². The third kappa shape index (κ3) is 3.83. The van der Waals surface area contributed by atoms with Gasteiger partial charge >= 0.3 is 0 Å². The van der Waals surface area contributed by atoms with Crippen LogP contribution in [0.25, 0.3) is 0 Å². The first-order chi connectivity index (χ1) is 8.10. The minimum absolute atomic E-state index is 0.409. The molecule has 17 heavy (non-hydrogen) atoms. The van der Waals surface area contributed by atoms with Crippen molar-refractivity contribution < 1.29 is 0 Å². The van der Waals surface area contributed by atoms with E-state index >= 15 is 0 Å². The van der Waals surface area contributed by atoms with Gasteiger partial charge in [-0.2, -0.15) is 0 Å². The second-order valence-electron chi connectivity index (χ2n) is 5.05. The van der Waals surface area contributed by atoms with Gasteiger partial charge in [0.05, 0.1) is 0 Å². The van der Waals surface area contributed by atoms with Crippen LogP contribution in [0.15, 0.2) is 24.3 Å². The van der Waals surface area contributed by atoms with E-state index in [4.69, 9.17) is 5.73 Å². The van der Waals surface area contributed by atoms with Crippen LogP contribution in [-0.2, 0) is 6.42 Å². The molecule has 2 N–H and O–H groups in total. The number of nitrogens with zero attached hydrogens (tertiary/aromatic N) is 1. The summed E-state index contributed by atoms with van der Waals surface area (Å²) >= 11 is 0. The second kappa shape index (κ2) is 6.77. The van der Waals surface area contributed by atoms with Gasteiger partial charge in [-0.15, -0.1) is 0 Å². The Hall–Kier alpha value is -0.860. The Balaban J connectivity index is 2.77. The highest BCUT2D eigenvalue weighted by Crippen LogP contribution is 2.22. The number of hydrogen-bond donors (Lipinski definition) is 1. The topological polar surface area (TPSA) is 29.3 Å². The van der Waals surface area contributed by atoms with Crippen LogP contribution >= 0.6 is 0 Å². The Bertz CT molecular complexity index is 316. The third-order valence-electron chi connectivity index (χ3n) is 3.53. The maximum Gasteiger partial charge on any atom is 0.0278 e. The highest BCUT2D eigenvalue weighted by Gasteiger charge is 2.19. The van der Waals surface area contributed by atoms with E-state index in [0.29, 0.717) is 18.5 Å². The van der Waals surface area contributed by atoms with Gasteiger partial charge in [0.2, 0.25) is 0 Å². The molecular weight excluding hydrogens is 208 g/mol. The van der Waals surface area contributed by atoms with Gasteiger partial charge in [-0.1, -0.05) is 44.5 Å². The molecule has 0 heterocycles. The number of benzene rings is 1. The summed E-state index contributed by atoms with van der Waals surface area (Å²) in [6.07, 6.45) is 2.38. The van der Waals surface area contributed by atoms with Crippen molar-refractivity contribution in [1.82, 2.24) is 4.90 Å². The van der Waals surface area contributed by atoms with Gasteiger partial charge < -0.3 is 10.6 Å². The van der Waals surface area contributed by atoms with Crippen LogP contribution in [0.5, 0.6) is 0 Å². The molecule has 96 valence electrons. The van der Waals surface area contributed by atoms with Crippen molar-refractivity contribution in [2.45, 2.75) is 38.6 Å². The molecule has 0 fully saturated rings. The quantitative estimate of drug-likeness (QED) is 0.820. The predicted molar refractivity (Wildman–Crippen MR) is 75.4 cm³/mol. The summed E-state index contributed by atoms with van der Waals surface area (Å²) in [5, 5.41) is 0. The molecule has 2 heteroatoms. The van der Waals surface area contributed by atoms with Crippen LogP contribution in [0.2, 0.25) is 0 Å². The predicted octanol–water partition coefficient (Wildman–Crippen LogP) is 2.63. The number of likely N-dealkylation sites (N-methyl/N-ethyl adjacent to an activating group) is 1. The highest BCUT2D eigenvalue weighted by molar-refractivity contribution is 5.26. The van der Waals surface area contributed by atoms with Gasteiger partial charge in [-0.25, -0.2) is 0 Å². The van der Waals surface area contributed by atoms with Gasteiger partial charge in [-0.05, 0) is 37.6 Å². The SMILES string of the molecule is CCCc1ccc(C(C)C(CN)N(C)C)cc1. The van der Waals surface area contributed by atoms with Crippen molar-refractivity contribution >= 4 is 0 Å². The van der Waals surface area contributed by atoms with Crippen molar-refractivity contribution in [3.8, 4) is 0 Å². The minimum atomic E-state index is 0.409. The average molecular weight is 234 g/mol. The Morgan fingerprint density at radius 2 is 1.76 bits per heavy atom. The molecule has 2 atom stereocenters. The molecule has 2 nitrogen and oxygen atoms in total. The van der Waals surface area contributed by atoms with E-state index in [1.807, 2.05) is 0 Å². The largest absolute Gasteiger partial charge is 0.329 e. The zero-order chi connectivity index (χ0) is 12.8. The van der Waals surface area contributed by atoms with Crippen LogP contribution in [0.4, 0.5) is 0 Å². The maximum atomic E-state index is 5.85. The van der Waals surface area contributed by atoms with E-state index in [1.165, 1.54) is 24.0 Å². The smallest absolute Gasteiger partial charge is 0.0278 e. The van der Waals surface area contributed by atoms with E-state index in [-0.39, 0.29) is 0 Å². The molecule has 0 spiro atoms. The summed E-state index contributed by atoms with van der Waals surface area (Å²) in [6.45, 7) is 5.17. The Kier molecular flexibility index (Phi) is 5.66. The fourth-order valence-corrected chi connectivity index (χ4v) is 2.36. The summed E-state index contributed by atoms with van der Waals surface area (Å²) in [5.74, 6) is 0.477.